The fourth-order valence-electron chi connectivity index (χ4n) is 1.66. The second-order valence-corrected chi connectivity index (χ2v) is 5.78. The first-order chi connectivity index (χ1) is 13.0. The molecule has 0 unspecified atom stereocenters. The van der Waals surface area contributed by atoms with E-state index in [1.165, 1.54) is 0 Å². The largest absolute Gasteiger partial charge is 0.460 e. The standard InChI is InChI=1S/C12H5F19/c1-2-4(13,14)5(15,16)3-6(17,18)7(19,20)8(21,22)9(23,24)10(25,26)11(27,28)12(29,30)31/h2H,1,3H2. The van der Waals surface area contributed by atoms with Crippen LogP contribution in [0.3, 0.4) is 0 Å². The van der Waals surface area contributed by atoms with E-state index in [-0.39, 0.29) is 0 Å². The fraction of sp³-hybridized carbons (Fsp3) is 0.833. The van der Waals surface area contributed by atoms with Gasteiger partial charge in [-0.25, -0.2) is 0 Å². The maximum Gasteiger partial charge on any atom is 0.460 e. The first-order valence-electron chi connectivity index (χ1n) is 6.74. The minimum atomic E-state index is -8.69. The Morgan fingerprint density at radius 3 is 1.00 bits per heavy atom. The zero-order valence-electron chi connectivity index (χ0n) is 13.7. The predicted octanol–water partition coefficient (Wildman–Crippen LogP) is 7.21. The summed E-state index contributed by atoms with van der Waals surface area (Å²) in [5, 5.41) is 0. The third-order valence-electron chi connectivity index (χ3n) is 3.58. The smallest absolute Gasteiger partial charge is 0.199 e. The van der Waals surface area contributed by atoms with Crippen molar-refractivity contribution in [1.82, 2.24) is 0 Å². The highest BCUT2D eigenvalue weighted by atomic mass is 19.4. The van der Waals surface area contributed by atoms with Crippen LogP contribution in [0.5, 0.6) is 0 Å². The molecule has 186 valence electrons. The fourth-order valence-corrected chi connectivity index (χ4v) is 1.66. The van der Waals surface area contributed by atoms with E-state index in [2.05, 4.69) is 0 Å². The lowest BCUT2D eigenvalue weighted by Crippen LogP contribution is -2.73. The quantitative estimate of drug-likeness (QED) is 0.227. The van der Waals surface area contributed by atoms with Gasteiger partial charge in [0, 0.05) is 0 Å². The second-order valence-electron chi connectivity index (χ2n) is 5.78. The van der Waals surface area contributed by atoms with Crippen molar-refractivity contribution in [2.24, 2.45) is 0 Å². The summed E-state index contributed by atoms with van der Waals surface area (Å²) in [5.74, 6) is -62.3. The van der Waals surface area contributed by atoms with Gasteiger partial charge in [-0.05, 0) is 6.08 Å². The maximum atomic E-state index is 13.3. The van der Waals surface area contributed by atoms with Crippen molar-refractivity contribution in [1.29, 1.82) is 0 Å². The Morgan fingerprint density at radius 1 is 0.419 bits per heavy atom. The molecule has 0 spiro atoms. The molecule has 31 heavy (non-hydrogen) atoms. The molecule has 0 saturated carbocycles. The van der Waals surface area contributed by atoms with Gasteiger partial charge in [0.25, 0.3) is 0 Å². The molecule has 0 fully saturated rings. The minimum absolute atomic E-state index is 1.19. The van der Waals surface area contributed by atoms with E-state index < -0.39 is 66.1 Å². The average Bonchev–Trinajstić information content (AvgIpc) is 2.51. The Hall–Kier alpha value is -1.59. The van der Waals surface area contributed by atoms with Crippen LogP contribution in [-0.4, -0.2) is 53.6 Å². The molecule has 0 N–H and O–H groups in total. The molecule has 0 nitrogen and oxygen atoms in total. The molecule has 0 aliphatic carbocycles. The van der Waals surface area contributed by atoms with Crippen LogP contribution in [0.15, 0.2) is 12.7 Å². The van der Waals surface area contributed by atoms with Gasteiger partial charge in [0.05, 0.1) is 6.42 Å². The number of rotatable bonds is 9. The molecule has 0 saturated heterocycles. The van der Waals surface area contributed by atoms with Gasteiger partial charge in [-0.2, -0.15) is 83.4 Å². The van der Waals surface area contributed by atoms with E-state index in [4.69, 9.17) is 0 Å². The molecule has 0 amide bonds. The summed E-state index contributed by atoms with van der Waals surface area (Å²) in [7, 11) is 0. The SMILES string of the molecule is C=CC(F)(F)C(F)(F)CC(F)(F)C(F)(F)C(F)(F)C(F)(F)C(F)(F)C(F)(F)C(F)(F)F. The zero-order chi connectivity index (χ0) is 25.9. The van der Waals surface area contributed by atoms with Crippen LogP contribution in [0.4, 0.5) is 83.4 Å². The highest BCUT2D eigenvalue weighted by Gasteiger charge is 2.93. The van der Waals surface area contributed by atoms with Crippen molar-refractivity contribution in [3.63, 3.8) is 0 Å². The summed E-state index contributed by atoms with van der Waals surface area (Å²) in [6, 6.07) is 0. The van der Waals surface area contributed by atoms with Crippen molar-refractivity contribution in [3.8, 4) is 0 Å². The van der Waals surface area contributed by atoms with Crippen molar-refractivity contribution < 1.29 is 83.4 Å². The third-order valence-corrected chi connectivity index (χ3v) is 3.58. The second kappa shape index (κ2) is 7.21. The molecule has 0 aromatic carbocycles. The summed E-state index contributed by atoms with van der Waals surface area (Å²) in [6.45, 7) is 1.94. The lowest BCUT2D eigenvalue weighted by Gasteiger charge is -2.42. The third kappa shape index (κ3) is 4.00. The Labute approximate surface area is 157 Å². The molecule has 0 aliphatic heterocycles. The van der Waals surface area contributed by atoms with Gasteiger partial charge in [-0.15, -0.1) is 0 Å². The van der Waals surface area contributed by atoms with E-state index >= 15 is 0 Å². The van der Waals surface area contributed by atoms with Gasteiger partial charge in [0.2, 0.25) is 0 Å². The topological polar surface area (TPSA) is 0 Å². The van der Waals surface area contributed by atoms with Crippen LogP contribution < -0.4 is 0 Å². The molecule has 0 rings (SSSR count). The summed E-state index contributed by atoms with van der Waals surface area (Å²) in [5.41, 5.74) is 0. The molecule has 0 radical (unpaired) electrons. The molecule has 0 aliphatic rings. The van der Waals surface area contributed by atoms with E-state index in [0.717, 1.165) is 0 Å². The normalized spacial score (nSPS) is 16.5. The van der Waals surface area contributed by atoms with Crippen LogP contribution in [-0.2, 0) is 0 Å². The lowest BCUT2D eigenvalue weighted by atomic mass is 9.88. The van der Waals surface area contributed by atoms with Gasteiger partial charge in [0.1, 0.15) is 0 Å². The summed E-state index contributed by atoms with van der Waals surface area (Å²) in [6.07, 6.45) is -13.5. The highest BCUT2D eigenvalue weighted by Crippen LogP contribution is 2.63. The number of halogens is 19. The van der Waals surface area contributed by atoms with E-state index in [0.29, 0.717) is 0 Å². The van der Waals surface area contributed by atoms with Crippen molar-refractivity contribution in [2.45, 2.75) is 60.0 Å². The van der Waals surface area contributed by atoms with Crippen molar-refractivity contribution >= 4 is 0 Å². The minimum Gasteiger partial charge on any atom is -0.199 e. The van der Waals surface area contributed by atoms with Crippen LogP contribution in [0.2, 0.25) is 0 Å². The van der Waals surface area contributed by atoms with Crippen LogP contribution in [0.1, 0.15) is 6.42 Å². The molecule has 0 heterocycles. The van der Waals surface area contributed by atoms with E-state index in [9.17, 15) is 83.4 Å². The molecule has 19 heteroatoms. The Balaban J connectivity index is 6.61. The van der Waals surface area contributed by atoms with Crippen LogP contribution >= 0.6 is 0 Å². The predicted molar refractivity (Wildman–Crippen MR) is 60.4 cm³/mol. The molecule has 0 bridgehead atoms. The number of hydrogen-bond donors (Lipinski definition) is 0. The first-order valence-corrected chi connectivity index (χ1v) is 6.74. The van der Waals surface area contributed by atoms with Crippen molar-refractivity contribution in [2.75, 3.05) is 0 Å². The Morgan fingerprint density at radius 2 is 0.710 bits per heavy atom. The zero-order valence-corrected chi connectivity index (χ0v) is 13.7. The summed E-state index contributed by atoms with van der Waals surface area (Å²) in [4.78, 5) is 0. The van der Waals surface area contributed by atoms with Gasteiger partial charge in [0.15, 0.2) is 0 Å². The monoisotopic (exact) mass is 510 g/mol. The highest BCUT2D eigenvalue weighted by molar-refractivity contribution is 5.14. The Bertz CT molecular complexity index is 666. The molecule has 0 aromatic heterocycles. The number of allylic oxidation sites excluding steroid dienone is 1. The van der Waals surface area contributed by atoms with E-state index in [1.54, 1.807) is 0 Å². The van der Waals surface area contributed by atoms with Gasteiger partial charge >= 0.3 is 53.6 Å². The molecular weight excluding hydrogens is 505 g/mol. The Kier molecular flexibility index (Phi) is 6.84. The van der Waals surface area contributed by atoms with Crippen LogP contribution in [0.25, 0.3) is 0 Å². The average molecular weight is 510 g/mol. The maximum absolute atomic E-state index is 13.3. The summed E-state index contributed by atoms with van der Waals surface area (Å²) < 4.78 is 244. The van der Waals surface area contributed by atoms with Gasteiger partial charge < -0.3 is 0 Å². The van der Waals surface area contributed by atoms with Gasteiger partial charge in [-0.1, -0.05) is 6.58 Å². The molecule has 0 aromatic rings. The number of alkyl halides is 19. The van der Waals surface area contributed by atoms with E-state index in [1.807, 2.05) is 6.58 Å². The lowest BCUT2D eigenvalue weighted by molar-refractivity contribution is -0.454. The van der Waals surface area contributed by atoms with Gasteiger partial charge in [-0.3, -0.25) is 0 Å². The van der Waals surface area contributed by atoms with Crippen LogP contribution in [0, 0.1) is 0 Å². The summed E-state index contributed by atoms with van der Waals surface area (Å²) >= 11 is 0. The molecule has 0 atom stereocenters. The van der Waals surface area contributed by atoms with Crippen molar-refractivity contribution in [3.05, 3.63) is 12.7 Å². The first kappa shape index (κ1) is 29.4. The molecular formula is C12H5F19. The number of hydrogen-bond acceptors (Lipinski definition) is 0.